The summed E-state index contributed by atoms with van der Waals surface area (Å²) in [6, 6.07) is 5.69. The van der Waals surface area contributed by atoms with E-state index in [1.165, 1.54) is 11.9 Å². The van der Waals surface area contributed by atoms with Gasteiger partial charge in [0.05, 0.1) is 19.3 Å². The van der Waals surface area contributed by atoms with Crippen LogP contribution in [0, 0.1) is 12.3 Å². The van der Waals surface area contributed by atoms with Crippen LogP contribution in [0.4, 0.5) is 5.69 Å². The molecule has 102 valence electrons. The topological polar surface area (TPSA) is 41.6 Å². The lowest BCUT2D eigenvalue weighted by atomic mass is 10.3. The van der Waals surface area contributed by atoms with Gasteiger partial charge in [0, 0.05) is 18.4 Å². The van der Waals surface area contributed by atoms with Crippen LogP contribution in [0.5, 0.6) is 5.75 Å². The first-order chi connectivity index (χ1) is 9.12. The number of methoxy groups -OCH3 is 1. The van der Waals surface area contributed by atoms with Crippen molar-refractivity contribution in [3.05, 3.63) is 18.2 Å². The van der Waals surface area contributed by atoms with Gasteiger partial charge >= 0.3 is 0 Å². The molecule has 1 aromatic carbocycles. The van der Waals surface area contributed by atoms with Gasteiger partial charge in [-0.25, -0.2) is 0 Å². The number of nitrogens with zero attached hydrogens (tertiary/aromatic N) is 1. The molecule has 19 heavy (non-hydrogen) atoms. The molecule has 0 unspecified atom stereocenters. The number of ether oxygens (including phenoxy) is 1. The molecule has 1 aromatic rings. The molecule has 0 aromatic heterocycles. The van der Waals surface area contributed by atoms with E-state index in [1.807, 2.05) is 25.1 Å². The number of hydrogen-bond donors (Lipinski definition) is 1. The number of hydrogen-bond acceptors (Lipinski definition) is 4. The lowest BCUT2D eigenvalue weighted by molar-refractivity contribution is -0.124. The minimum absolute atomic E-state index is 0.0819. The highest BCUT2D eigenvalue weighted by molar-refractivity contribution is 7.97. The Hall–Kier alpha value is -1.80. The summed E-state index contributed by atoms with van der Waals surface area (Å²) in [6.45, 7) is 2.28. The van der Waals surface area contributed by atoms with Crippen LogP contribution in [0.2, 0.25) is 0 Å². The maximum Gasteiger partial charge on any atom is 0.232 e. The molecule has 1 rings (SSSR count). The predicted molar refractivity (Wildman–Crippen MR) is 79.2 cm³/mol. The van der Waals surface area contributed by atoms with Crippen molar-refractivity contribution in [1.29, 1.82) is 0 Å². The van der Waals surface area contributed by atoms with E-state index in [2.05, 4.69) is 11.2 Å². The molecule has 0 heterocycles. The van der Waals surface area contributed by atoms with Gasteiger partial charge in [-0.3, -0.25) is 9.10 Å². The number of amides is 1. The van der Waals surface area contributed by atoms with Crippen molar-refractivity contribution in [2.24, 2.45) is 0 Å². The zero-order chi connectivity index (χ0) is 14.3. The lowest BCUT2D eigenvalue weighted by Crippen LogP contribution is -2.17. The Morgan fingerprint density at radius 3 is 2.89 bits per heavy atom. The molecule has 4 nitrogen and oxygen atoms in total. The van der Waals surface area contributed by atoms with Crippen LogP contribution in [-0.2, 0) is 4.79 Å². The van der Waals surface area contributed by atoms with Crippen LogP contribution in [0.3, 0.4) is 0 Å². The van der Waals surface area contributed by atoms with Gasteiger partial charge in [-0.2, -0.15) is 0 Å². The minimum atomic E-state index is 0.0819. The van der Waals surface area contributed by atoms with Crippen molar-refractivity contribution in [1.82, 2.24) is 4.31 Å². The largest absolute Gasteiger partial charge is 0.495 e. The van der Waals surface area contributed by atoms with E-state index in [1.54, 1.807) is 18.5 Å². The summed E-state index contributed by atoms with van der Waals surface area (Å²) in [6.07, 6.45) is 5.70. The third-order valence-corrected chi connectivity index (χ3v) is 3.39. The minimum Gasteiger partial charge on any atom is -0.495 e. The highest BCUT2D eigenvalue weighted by atomic mass is 32.2. The molecule has 5 heteroatoms. The van der Waals surface area contributed by atoms with Gasteiger partial charge in [0.1, 0.15) is 5.75 Å². The molecule has 0 aliphatic carbocycles. The summed E-state index contributed by atoms with van der Waals surface area (Å²) >= 11 is 1.37. The van der Waals surface area contributed by atoms with Crippen LogP contribution < -0.4 is 10.1 Å². The van der Waals surface area contributed by atoms with Crippen molar-refractivity contribution in [2.45, 2.75) is 18.2 Å². The van der Waals surface area contributed by atoms with E-state index < -0.39 is 0 Å². The first-order valence-corrected chi connectivity index (χ1v) is 6.69. The molecule has 1 amide bonds. The molecule has 0 spiro atoms. The number of benzene rings is 1. The summed E-state index contributed by atoms with van der Waals surface area (Å²) in [5, 5.41) is 3.08. The van der Waals surface area contributed by atoms with E-state index in [0.717, 1.165) is 10.6 Å². The van der Waals surface area contributed by atoms with Crippen LogP contribution in [0.1, 0.15) is 13.3 Å². The fourth-order valence-electron chi connectivity index (χ4n) is 1.45. The van der Waals surface area contributed by atoms with Gasteiger partial charge < -0.3 is 10.1 Å². The molecular formula is C14H18N2O2S. The fourth-order valence-corrected chi connectivity index (χ4v) is 2.29. The molecule has 0 atom stereocenters. The number of carbonyl (C=O) groups excluding carboxylic acids is 1. The van der Waals surface area contributed by atoms with Gasteiger partial charge in [-0.05, 0) is 30.1 Å². The number of carbonyl (C=O) groups is 1. The van der Waals surface area contributed by atoms with Gasteiger partial charge in [-0.15, -0.1) is 6.42 Å². The Kier molecular flexibility index (Phi) is 6.10. The normalized spacial score (nSPS) is 9.58. The average Bonchev–Trinajstić information content (AvgIpc) is 2.44. The standard InChI is InChI=1S/C14H18N2O2S/c1-5-9-15-12-8-7-11(10-13(12)18-4)19-16(3)14(17)6-2/h1,7-8,10,15H,6,9H2,2-4H3. The second-order valence-corrected chi connectivity index (χ2v) is 4.96. The summed E-state index contributed by atoms with van der Waals surface area (Å²) < 4.78 is 6.92. The zero-order valence-electron chi connectivity index (χ0n) is 11.4. The second kappa shape index (κ2) is 7.59. The summed E-state index contributed by atoms with van der Waals surface area (Å²) in [5.41, 5.74) is 0.842. The first kappa shape index (κ1) is 15.3. The Bertz CT molecular complexity index is 483. The molecule has 0 fully saturated rings. The summed E-state index contributed by atoms with van der Waals surface area (Å²) in [4.78, 5) is 12.5. The van der Waals surface area contributed by atoms with Crippen LogP contribution in [0.25, 0.3) is 0 Å². The van der Waals surface area contributed by atoms with Gasteiger partial charge in [0.15, 0.2) is 0 Å². The van der Waals surface area contributed by atoms with E-state index >= 15 is 0 Å². The lowest BCUT2D eigenvalue weighted by Gasteiger charge is -2.16. The second-order valence-electron chi connectivity index (χ2n) is 3.76. The average molecular weight is 278 g/mol. The fraction of sp³-hybridized carbons (Fsp3) is 0.357. The maximum absolute atomic E-state index is 11.5. The zero-order valence-corrected chi connectivity index (χ0v) is 12.2. The predicted octanol–water partition coefficient (Wildman–Crippen LogP) is 2.62. The Labute approximate surface area is 118 Å². The molecule has 0 saturated carbocycles. The number of anilines is 1. The Morgan fingerprint density at radius 2 is 2.32 bits per heavy atom. The third-order valence-electron chi connectivity index (χ3n) is 2.45. The van der Waals surface area contributed by atoms with Crippen molar-refractivity contribution in [2.75, 3.05) is 26.0 Å². The van der Waals surface area contributed by atoms with Crippen molar-refractivity contribution in [3.63, 3.8) is 0 Å². The Balaban J connectivity index is 2.82. The molecule has 0 radical (unpaired) electrons. The van der Waals surface area contributed by atoms with Crippen LogP contribution in [0.15, 0.2) is 23.1 Å². The third kappa shape index (κ3) is 4.42. The highest BCUT2D eigenvalue weighted by Gasteiger charge is 2.10. The van der Waals surface area contributed by atoms with E-state index in [4.69, 9.17) is 11.2 Å². The van der Waals surface area contributed by atoms with Crippen molar-refractivity contribution < 1.29 is 9.53 Å². The number of nitrogens with one attached hydrogen (secondary N) is 1. The maximum atomic E-state index is 11.5. The Morgan fingerprint density at radius 1 is 1.58 bits per heavy atom. The molecule has 0 aliphatic rings. The number of terminal acetylenes is 1. The summed E-state index contributed by atoms with van der Waals surface area (Å²) in [7, 11) is 3.36. The summed E-state index contributed by atoms with van der Waals surface area (Å²) in [5.74, 6) is 3.30. The quantitative estimate of drug-likeness (QED) is 0.641. The van der Waals surface area contributed by atoms with Crippen LogP contribution >= 0.6 is 11.9 Å². The molecular weight excluding hydrogens is 260 g/mol. The van der Waals surface area contributed by atoms with E-state index in [9.17, 15) is 4.79 Å². The van der Waals surface area contributed by atoms with E-state index in [-0.39, 0.29) is 5.91 Å². The smallest absolute Gasteiger partial charge is 0.232 e. The van der Waals surface area contributed by atoms with Gasteiger partial charge in [0.25, 0.3) is 0 Å². The highest BCUT2D eigenvalue weighted by Crippen LogP contribution is 2.31. The molecule has 0 aliphatic heterocycles. The van der Waals surface area contributed by atoms with Crippen LogP contribution in [-0.4, -0.2) is 30.9 Å². The molecule has 1 N–H and O–H groups in total. The number of rotatable bonds is 6. The molecule has 0 bridgehead atoms. The van der Waals surface area contributed by atoms with Crippen molar-refractivity contribution in [3.8, 4) is 18.1 Å². The SMILES string of the molecule is C#CCNc1ccc(SN(C)C(=O)CC)cc1OC. The van der Waals surface area contributed by atoms with Crippen molar-refractivity contribution >= 4 is 23.5 Å². The monoisotopic (exact) mass is 278 g/mol. The first-order valence-electron chi connectivity index (χ1n) is 5.92. The molecule has 0 saturated heterocycles. The van der Waals surface area contributed by atoms with Gasteiger partial charge in [-0.1, -0.05) is 12.8 Å². The van der Waals surface area contributed by atoms with Gasteiger partial charge in [0.2, 0.25) is 5.91 Å². The van der Waals surface area contributed by atoms with E-state index in [0.29, 0.717) is 18.7 Å².